The van der Waals surface area contributed by atoms with Crippen molar-refractivity contribution in [3.05, 3.63) is 36.0 Å². The van der Waals surface area contributed by atoms with Gasteiger partial charge in [0.25, 0.3) is 0 Å². The fourth-order valence-corrected chi connectivity index (χ4v) is 3.03. The molecule has 0 aliphatic carbocycles. The molecule has 0 spiro atoms. The van der Waals surface area contributed by atoms with Gasteiger partial charge in [-0.25, -0.2) is 4.98 Å². The summed E-state index contributed by atoms with van der Waals surface area (Å²) in [5.41, 5.74) is 1.84. The second-order valence-corrected chi connectivity index (χ2v) is 6.17. The molecule has 0 bridgehead atoms. The number of piperazine rings is 1. The van der Waals surface area contributed by atoms with Gasteiger partial charge in [0.05, 0.1) is 12.3 Å². The average Bonchev–Trinajstić information content (AvgIpc) is 2.63. The van der Waals surface area contributed by atoms with Crippen molar-refractivity contribution < 1.29 is 4.74 Å². The highest BCUT2D eigenvalue weighted by Crippen LogP contribution is 2.27. The second kappa shape index (κ2) is 8.16. The van der Waals surface area contributed by atoms with E-state index in [4.69, 9.17) is 9.72 Å². The van der Waals surface area contributed by atoms with Crippen molar-refractivity contribution in [3.63, 3.8) is 0 Å². The third kappa shape index (κ3) is 4.39. The predicted molar refractivity (Wildman–Crippen MR) is 102 cm³/mol. The first-order valence-corrected chi connectivity index (χ1v) is 9.01. The minimum atomic E-state index is 0.611. The van der Waals surface area contributed by atoms with E-state index in [0.29, 0.717) is 12.6 Å². The van der Waals surface area contributed by atoms with E-state index in [1.165, 1.54) is 0 Å². The van der Waals surface area contributed by atoms with E-state index >= 15 is 0 Å². The van der Waals surface area contributed by atoms with Crippen LogP contribution in [0.25, 0.3) is 0 Å². The summed E-state index contributed by atoms with van der Waals surface area (Å²) in [5, 5.41) is 3.31. The van der Waals surface area contributed by atoms with Crippen LogP contribution >= 0.6 is 0 Å². The largest absolute Gasteiger partial charge is 0.492 e. The van der Waals surface area contributed by atoms with Crippen molar-refractivity contribution in [1.82, 2.24) is 14.9 Å². The molecule has 0 atom stereocenters. The van der Waals surface area contributed by atoms with E-state index in [0.717, 1.165) is 55.7 Å². The first kappa shape index (κ1) is 17.5. The third-order valence-corrected chi connectivity index (χ3v) is 4.42. The Bertz CT molecular complexity index is 698. The first-order valence-electron chi connectivity index (χ1n) is 9.01. The molecule has 1 fully saturated rings. The average molecular weight is 341 g/mol. The molecular formula is C19H27N5O. The molecule has 6 nitrogen and oxygen atoms in total. The SMILES string of the molecule is CCOc1ccccc1Nc1nc(C)cc(N2CCN(CC)CC2)n1. The number of para-hydroxylation sites is 2. The molecule has 1 N–H and O–H groups in total. The Balaban J connectivity index is 1.78. The summed E-state index contributed by atoms with van der Waals surface area (Å²) < 4.78 is 5.68. The van der Waals surface area contributed by atoms with Crippen LogP contribution in [0.2, 0.25) is 0 Å². The van der Waals surface area contributed by atoms with Gasteiger partial charge in [-0.05, 0) is 32.5 Å². The van der Waals surface area contributed by atoms with Gasteiger partial charge >= 0.3 is 0 Å². The highest BCUT2D eigenvalue weighted by atomic mass is 16.5. The van der Waals surface area contributed by atoms with Gasteiger partial charge < -0.3 is 19.9 Å². The van der Waals surface area contributed by atoms with Crippen LogP contribution in [-0.4, -0.2) is 54.2 Å². The molecule has 1 aromatic heterocycles. The number of rotatable bonds is 6. The molecule has 2 aromatic rings. The van der Waals surface area contributed by atoms with E-state index in [-0.39, 0.29) is 0 Å². The lowest BCUT2D eigenvalue weighted by atomic mass is 10.3. The van der Waals surface area contributed by atoms with E-state index in [1.54, 1.807) is 0 Å². The minimum Gasteiger partial charge on any atom is -0.492 e. The summed E-state index contributed by atoms with van der Waals surface area (Å²) in [6, 6.07) is 9.93. The Morgan fingerprint density at radius 2 is 1.84 bits per heavy atom. The van der Waals surface area contributed by atoms with Crippen molar-refractivity contribution in [3.8, 4) is 5.75 Å². The van der Waals surface area contributed by atoms with Gasteiger partial charge in [-0.2, -0.15) is 4.98 Å². The molecule has 6 heteroatoms. The Morgan fingerprint density at radius 1 is 1.08 bits per heavy atom. The number of likely N-dealkylation sites (N-methyl/N-ethyl adjacent to an activating group) is 1. The van der Waals surface area contributed by atoms with Crippen LogP contribution in [0.15, 0.2) is 30.3 Å². The number of anilines is 3. The van der Waals surface area contributed by atoms with Crippen molar-refractivity contribution in [2.24, 2.45) is 0 Å². The van der Waals surface area contributed by atoms with E-state index in [2.05, 4.69) is 33.1 Å². The Morgan fingerprint density at radius 3 is 2.56 bits per heavy atom. The molecular weight excluding hydrogens is 314 g/mol. The number of aryl methyl sites for hydroxylation is 1. The number of hydrogen-bond acceptors (Lipinski definition) is 6. The lowest BCUT2D eigenvalue weighted by molar-refractivity contribution is 0.270. The molecule has 1 aliphatic heterocycles. The van der Waals surface area contributed by atoms with Crippen LogP contribution in [0.1, 0.15) is 19.5 Å². The fourth-order valence-electron chi connectivity index (χ4n) is 3.03. The van der Waals surface area contributed by atoms with Crippen LogP contribution in [-0.2, 0) is 0 Å². The molecule has 3 rings (SSSR count). The van der Waals surface area contributed by atoms with Crippen LogP contribution in [0.3, 0.4) is 0 Å². The van der Waals surface area contributed by atoms with E-state index in [9.17, 15) is 0 Å². The fraction of sp³-hybridized carbons (Fsp3) is 0.474. The maximum absolute atomic E-state index is 5.68. The summed E-state index contributed by atoms with van der Waals surface area (Å²) in [7, 11) is 0. The zero-order valence-electron chi connectivity index (χ0n) is 15.3. The molecule has 0 unspecified atom stereocenters. The van der Waals surface area contributed by atoms with Gasteiger partial charge in [0.2, 0.25) is 5.95 Å². The molecule has 0 saturated carbocycles. The van der Waals surface area contributed by atoms with E-state index in [1.807, 2.05) is 38.1 Å². The number of ether oxygens (including phenoxy) is 1. The molecule has 134 valence electrons. The maximum Gasteiger partial charge on any atom is 0.229 e. The predicted octanol–water partition coefficient (Wildman–Crippen LogP) is 3.07. The van der Waals surface area contributed by atoms with Gasteiger partial charge in [-0.1, -0.05) is 19.1 Å². The van der Waals surface area contributed by atoms with Crippen molar-refractivity contribution in [2.75, 3.05) is 49.5 Å². The zero-order valence-corrected chi connectivity index (χ0v) is 15.3. The number of benzene rings is 1. The van der Waals surface area contributed by atoms with Gasteiger partial charge in [0, 0.05) is 37.9 Å². The number of aromatic nitrogens is 2. The molecule has 2 heterocycles. The van der Waals surface area contributed by atoms with Crippen LogP contribution in [0.5, 0.6) is 5.75 Å². The summed E-state index contributed by atoms with van der Waals surface area (Å²) in [6.45, 7) is 12.1. The molecule has 0 radical (unpaired) electrons. The van der Waals surface area contributed by atoms with Gasteiger partial charge in [-0.3, -0.25) is 0 Å². The molecule has 1 aromatic carbocycles. The summed E-state index contributed by atoms with van der Waals surface area (Å²) >= 11 is 0. The normalized spacial score (nSPS) is 15.2. The van der Waals surface area contributed by atoms with E-state index < -0.39 is 0 Å². The smallest absolute Gasteiger partial charge is 0.229 e. The number of nitrogens with one attached hydrogen (secondary N) is 1. The Labute approximate surface area is 149 Å². The lowest BCUT2D eigenvalue weighted by Crippen LogP contribution is -2.46. The highest BCUT2D eigenvalue weighted by molar-refractivity contribution is 5.63. The lowest BCUT2D eigenvalue weighted by Gasteiger charge is -2.34. The van der Waals surface area contributed by atoms with Crippen molar-refractivity contribution >= 4 is 17.5 Å². The monoisotopic (exact) mass is 341 g/mol. The molecule has 1 aliphatic rings. The first-order chi connectivity index (χ1) is 12.2. The second-order valence-electron chi connectivity index (χ2n) is 6.17. The maximum atomic E-state index is 5.68. The van der Waals surface area contributed by atoms with Gasteiger partial charge in [-0.15, -0.1) is 0 Å². The summed E-state index contributed by atoms with van der Waals surface area (Å²) in [4.78, 5) is 14.1. The van der Waals surface area contributed by atoms with Gasteiger partial charge in [0.1, 0.15) is 11.6 Å². The van der Waals surface area contributed by atoms with Crippen LogP contribution < -0.4 is 15.0 Å². The highest BCUT2D eigenvalue weighted by Gasteiger charge is 2.18. The van der Waals surface area contributed by atoms with Crippen molar-refractivity contribution in [2.45, 2.75) is 20.8 Å². The molecule has 0 amide bonds. The minimum absolute atomic E-state index is 0.611. The third-order valence-electron chi connectivity index (χ3n) is 4.42. The van der Waals surface area contributed by atoms with Gasteiger partial charge in [0.15, 0.2) is 0 Å². The zero-order chi connectivity index (χ0) is 17.6. The molecule has 25 heavy (non-hydrogen) atoms. The Kier molecular flexibility index (Phi) is 5.71. The standard InChI is InChI=1S/C19H27N5O/c1-4-23-10-12-24(13-11-23)18-14-15(3)20-19(22-18)21-16-8-6-7-9-17(16)25-5-2/h6-9,14H,4-5,10-13H2,1-3H3,(H,20,21,22). The summed E-state index contributed by atoms with van der Waals surface area (Å²) in [5.74, 6) is 2.41. The number of nitrogens with zero attached hydrogens (tertiary/aromatic N) is 4. The van der Waals surface area contributed by atoms with Crippen LogP contribution in [0, 0.1) is 6.92 Å². The molecule has 1 saturated heterocycles. The van der Waals surface area contributed by atoms with Crippen molar-refractivity contribution in [1.29, 1.82) is 0 Å². The number of hydrogen-bond donors (Lipinski definition) is 1. The quantitative estimate of drug-likeness (QED) is 0.871. The Hall–Kier alpha value is -2.34. The topological polar surface area (TPSA) is 53.5 Å². The summed E-state index contributed by atoms with van der Waals surface area (Å²) in [6.07, 6.45) is 0. The van der Waals surface area contributed by atoms with Crippen LogP contribution in [0.4, 0.5) is 17.5 Å².